The highest BCUT2D eigenvalue weighted by molar-refractivity contribution is 5.77. The van der Waals surface area contributed by atoms with Crippen LogP contribution in [0.3, 0.4) is 0 Å². The Morgan fingerprint density at radius 3 is 2.61 bits per heavy atom. The maximum absolute atomic E-state index is 13.4. The van der Waals surface area contributed by atoms with Gasteiger partial charge < -0.3 is 14.5 Å². The molecule has 0 saturated carbocycles. The average molecular weight is 446 g/mol. The molecule has 0 aliphatic carbocycles. The van der Waals surface area contributed by atoms with Crippen LogP contribution in [0.2, 0.25) is 0 Å². The minimum Gasteiger partial charge on any atom is -0.494 e. The van der Waals surface area contributed by atoms with E-state index in [0.29, 0.717) is 19.4 Å². The highest BCUT2D eigenvalue weighted by Gasteiger charge is 2.15. The normalized spacial score (nSPS) is 11.0. The summed E-state index contributed by atoms with van der Waals surface area (Å²) in [4.78, 5) is 17.3. The number of hydrogen-bond acceptors (Lipinski definition) is 3. The Morgan fingerprint density at radius 1 is 1.06 bits per heavy atom. The van der Waals surface area contributed by atoms with Gasteiger partial charge in [-0.15, -0.1) is 0 Å². The van der Waals surface area contributed by atoms with Crippen LogP contribution in [0.15, 0.2) is 72.9 Å². The third kappa shape index (κ3) is 5.77. The van der Waals surface area contributed by atoms with E-state index >= 15 is 0 Å². The van der Waals surface area contributed by atoms with E-state index in [4.69, 9.17) is 9.72 Å². The van der Waals surface area contributed by atoms with Crippen LogP contribution in [-0.2, 0) is 17.8 Å². The summed E-state index contributed by atoms with van der Waals surface area (Å²) in [6.45, 7) is 3.32. The van der Waals surface area contributed by atoms with Gasteiger partial charge in [-0.1, -0.05) is 31.5 Å². The Kier molecular flexibility index (Phi) is 7.35. The fourth-order valence-corrected chi connectivity index (χ4v) is 3.68. The zero-order valence-electron chi connectivity index (χ0n) is 18.8. The Hall–Kier alpha value is -3.67. The van der Waals surface area contributed by atoms with Crippen LogP contribution in [0, 0.1) is 5.82 Å². The number of imidazole rings is 1. The van der Waals surface area contributed by atoms with Gasteiger partial charge >= 0.3 is 0 Å². The minimum absolute atomic E-state index is 0.0331. The number of pyridine rings is 1. The molecule has 0 radical (unpaired) electrons. The van der Waals surface area contributed by atoms with Crippen LogP contribution in [0.25, 0.3) is 16.9 Å². The zero-order valence-corrected chi connectivity index (χ0v) is 18.8. The van der Waals surface area contributed by atoms with Crippen molar-refractivity contribution in [2.45, 2.75) is 39.2 Å². The van der Waals surface area contributed by atoms with Crippen molar-refractivity contribution in [3.05, 3.63) is 90.0 Å². The second kappa shape index (κ2) is 10.8. The summed E-state index contributed by atoms with van der Waals surface area (Å²) < 4.78 is 21.1. The number of unbranched alkanes of at least 4 members (excludes halogenated alkanes) is 1. The van der Waals surface area contributed by atoms with Crippen LogP contribution in [0.4, 0.5) is 4.39 Å². The van der Waals surface area contributed by atoms with Gasteiger partial charge in [0.05, 0.1) is 18.0 Å². The first kappa shape index (κ1) is 22.5. The summed E-state index contributed by atoms with van der Waals surface area (Å²) in [7, 11) is 0. The van der Waals surface area contributed by atoms with Crippen LogP contribution in [-0.4, -0.2) is 21.9 Å². The molecule has 0 fully saturated rings. The first-order chi connectivity index (χ1) is 16.1. The molecule has 5 nitrogen and oxygen atoms in total. The van der Waals surface area contributed by atoms with Crippen molar-refractivity contribution >= 4 is 11.6 Å². The van der Waals surface area contributed by atoms with Gasteiger partial charge in [-0.25, -0.2) is 9.37 Å². The van der Waals surface area contributed by atoms with Gasteiger partial charge in [0, 0.05) is 24.7 Å². The Labute approximate surface area is 193 Å². The first-order valence-electron chi connectivity index (χ1n) is 11.3. The lowest BCUT2D eigenvalue weighted by atomic mass is 10.1. The van der Waals surface area contributed by atoms with Crippen LogP contribution >= 0.6 is 0 Å². The number of ether oxygens (including phenoxy) is 1. The van der Waals surface area contributed by atoms with Gasteiger partial charge in [0.1, 0.15) is 17.2 Å². The van der Waals surface area contributed by atoms with Crippen molar-refractivity contribution in [3.8, 4) is 17.0 Å². The molecule has 0 aliphatic rings. The maximum atomic E-state index is 13.4. The number of benzene rings is 2. The highest BCUT2D eigenvalue weighted by atomic mass is 19.1. The quantitative estimate of drug-likeness (QED) is 0.325. The maximum Gasteiger partial charge on any atom is 0.220 e. The van der Waals surface area contributed by atoms with Crippen molar-refractivity contribution in [1.82, 2.24) is 14.7 Å². The molecule has 0 saturated heterocycles. The van der Waals surface area contributed by atoms with E-state index < -0.39 is 0 Å². The van der Waals surface area contributed by atoms with E-state index in [1.54, 1.807) is 12.1 Å². The molecule has 1 N–H and O–H groups in total. The van der Waals surface area contributed by atoms with E-state index in [2.05, 4.69) is 12.2 Å². The van der Waals surface area contributed by atoms with Crippen molar-refractivity contribution < 1.29 is 13.9 Å². The first-order valence-corrected chi connectivity index (χ1v) is 11.3. The Bertz CT molecular complexity index is 1200. The molecule has 33 heavy (non-hydrogen) atoms. The van der Waals surface area contributed by atoms with Crippen LogP contribution in [0.1, 0.15) is 37.4 Å². The van der Waals surface area contributed by atoms with E-state index in [1.165, 1.54) is 12.1 Å². The number of rotatable bonds is 10. The predicted octanol–water partition coefficient (Wildman–Crippen LogP) is 5.57. The number of halogens is 1. The molecule has 4 rings (SSSR count). The van der Waals surface area contributed by atoms with E-state index in [1.807, 2.05) is 53.1 Å². The molecule has 0 bridgehead atoms. The largest absolute Gasteiger partial charge is 0.494 e. The molecular weight excluding hydrogens is 417 g/mol. The summed E-state index contributed by atoms with van der Waals surface area (Å²) in [6.07, 6.45) is 4.92. The SMILES string of the molecule is CCCCOc1ccc(CNC(=O)CCc2c(-c3ccc(F)cc3)nc3ccccn23)cc1. The molecule has 2 heterocycles. The molecule has 170 valence electrons. The number of carbonyl (C=O) groups excluding carboxylic acids is 1. The van der Waals surface area contributed by atoms with E-state index in [0.717, 1.165) is 53.4 Å². The Balaban J connectivity index is 1.38. The fraction of sp³-hybridized carbons (Fsp3) is 0.259. The van der Waals surface area contributed by atoms with Gasteiger partial charge in [0.15, 0.2) is 0 Å². The van der Waals surface area contributed by atoms with Gasteiger partial charge in [0.2, 0.25) is 5.91 Å². The van der Waals surface area contributed by atoms with Gasteiger partial charge in [-0.3, -0.25) is 4.79 Å². The molecule has 0 atom stereocenters. The molecule has 1 amide bonds. The fourth-order valence-electron chi connectivity index (χ4n) is 3.68. The third-order valence-electron chi connectivity index (χ3n) is 5.52. The summed E-state index contributed by atoms with van der Waals surface area (Å²) in [5.74, 6) is 0.526. The number of fused-ring (bicyclic) bond motifs is 1. The third-order valence-corrected chi connectivity index (χ3v) is 5.52. The number of aryl methyl sites for hydroxylation is 1. The number of hydrogen-bond donors (Lipinski definition) is 1. The zero-order chi connectivity index (χ0) is 23.0. The van der Waals surface area contributed by atoms with Gasteiger partial charge in [0.25, 0.3) is 0 Å². The van der Waals surface area contributed by atoms with Crippen LogP contribution < -0.4 is 10.1 Å². The van der Waals surface area contributed by atoms with E-state index in [9.17, 15) is 9.18 Å². The number of amides is 1. The second-order valence-corrected chi connectivity index (χ2v) is 7.97. The molecule has 4 aromatic rings. The minimum atomic E-state index is -0.288. The molecule has 0 unspecified atom stereocenters. The summed E-state index contributed by atoms with van der Waals surface area (Å²) in [5, 5.41) is 2.99. The number of nitrogens with zero attached hydrogens (tertiary/aromatic N) is 2. The lowest BCUT2D eigenvalue weighted by Gasteiger charge is -2.09. The van der Waals surface area contributed by atoms with Gasteiger partial charge in [-0.05, 0) is 66.9 Å². The lowest BCUT2D eigenvalue weighted by molar-refractivity contribution is -0.121. The molecule has 6 heteroatoms. The molecule has 2 aromatic carbocycles. The Morgan fingerprint density at radius 2 is 1.85 bits per heavy atom. The molecule has 2 aromatic heterocycles. The van der Waals surface area contributed by atoms with Crippen molar-refractivity contribution in [2.75, 3.05) is 6.61 Å². The highest BCUT2D eigenvalue weighted by Crippen LogP contribution is 2.26. The predicted molar refractivity (Wildman–Crippen MR) is 128 cm³/mol. The van der Waals surface area contributed by atoms with Crippen LogP contribution in [0.5, 0.6) is 5.75 Å². The van der Waals surface area contributed by atoms with Crippen molar-refractivity contribution in [3.63, 3.8) is 0 Å². The topological polar surface area (TPSA) is 55.6 Å². The molecular formula is C27H28FN3O2. The van der Waals surface area contributed by atoms with Gasteiger partial charge in [-0.2, -0.15) is 0 Å². The lowest BCUT2D eigenvalue weighted by Crippen LogP contribution is -2.23. The number of nitrogens with one attached hydrogen (secondary N) is 1. The van der Waals surface area contributed by atoms with Crippen molar-refractivity contribution in [1.29, 1.82) is 0 Å². The average Bonchev–Trinajstić information content (AvgIpc) is 3.21. The molecule has 0 aliphatic heterocycles. The summed E-state index contributed by atoms with van der Waals surface area (Å²) in [5.41, 5.74) is 4.35. The number of aromatic nitrogens is 2. The summed E-state index contributed by atoms with van der Waals surface area (Å²) >= 11 is 0. The summed E-state index contributed by atoms with van der Waals surface area (Å²) in [6, 6.07) is 19.9. The standard InChI is InChI=1S/C27H28FN3O2/c1-2-3-18-33-23-13-7-20(8-14-23)19-29-26(32)16-15-24-27(21-9-11-22(28)12-10-21)30-25-6-4-5-17-31(24)25/h4-14,17H,2-3,15-16,18-19H2,1H3,(H,29,32). The van der Waals surface area contributed by atoms with E-state index in [-0.39, 0.29) is 11.7 Å². The number of carbonyl (C=O) groups is 1. The molecule has 0 spiro atoms. The van der Waals surface area contributed by atoms with Crippen molar-refractivity contribution in [2.24, 2.45) is 0 Å². The smallest absolute Gasteiger partial charge is 0.220 e. The second-order valence-electron chi connectivity index (χ2n) is 7.97. The monoisotopic (exact) mass is 445 g/mol.